The first kappa shape index (κ1) is 16.4. The van der Waals surface area contributed by atoms with Crippen LogP contribution < -0.4 is 5.73 Å². The van der Waals surface area contributed by atoms with Gasteiger partial charge < -0.3 is 5.73 Å². The van der Waals surface area contributed by atoms with Gasteiger partial charge in [-0.1, -0.05) is 41.9 Å². The van der Waals surface area contributed by atoms with Crippen molar-refractivity contribution in [1.82, 2.24) is 4.90 Å². The summed E-state index contributed by atoms with van der Waals surface area (Å²) in [7, 11) is 0. The summed E-state index contributed by atoms with van der Waals surface area (Å²) in [5.41, 5.74) is 10.9. The second kappa shape index (κ2) is 6.66. The zero-order valence-corrected chi connectivity index (χ0v) is 14.8. The fourth-order valence-corrected chi connectivity index (χ4v) is 4.39. The number of carbonyl (C=O) groups excluding carboxylic acids is 1. The average Bonchev–Trinajstić information content (AvgIpc) is 3.09. The highest BCUT2D eigenvalue weighted by Gasteiger charge is 2.31. The number of hydrogen-bond acceptors (Lipinski definition) is 2. The molecule has 3 nitrogen and oxygen atoms in total. The number of amides is 1. The van der Waals surface area contributed by atoms with Gasteiger partial charge in [0.15, 0.2) is 0 Å². The van der Waals surface area contributed by atoms with Crippen molar-refractivity contribution in [3.05, 3.63) is 75.8 Å². The smallest absolute Gasteiger partial charge is 0.242 e. The quantitative estimate of drug-likeness (QED) is 0.850. The van der Waals surface area contributed by atoms with Gasteiger partial charge in [-0.2, -0.15) is 0 Å². The number of hydrogen-bond donors (Lipinski definition) is 1. The van der Waals surface area contributed by atoms with Gasteiger partial charge >= 0.3 is 0 Å². The number of benzene rings is 2. The molecule has 128 valence electrons. The van der Waals surface area contributed by atoms with Crippen molar-refractivity contribution < 1.29 is 4.79 Å². The number of rotatable bonds is 3. The van der Waals surface area contributed by atoms with Crippen molar-refractivity contribution in [1.29, 1.82) is 0 Å². The average molecular weight is 353 g/mol. The van der Waals surface area contributed by atoms with E-state index >= 15 is 0 Å². The molecule has 2 aliphatic heterocycles. The minimum atomic E-state index is -0.463. The summed E-state index contributed by atoms with van der Waals surface area (Å²) >= 11 is 6.38. The Hall–Kier alpha value is -2.10. The van der Waals surface area contributed by atoms with Crippen LogP contribution in [0.5, 0.6) is 0 Å². The minimum absolute atomic E-state index is 0.463. The maximum absolute atomic E-state index is 11.6. The Bertz CT molecular complexity index is 859. The molecule has 0 bridgehead atoms. The lowest BCUT2D eigenvalue weighted by atomic mass is 9.88. The molecule has 2 aromatic carbocycles. The molecule has 1 saturated heterocycles. The summed E-state index contributed by atoms with van der Waals surface area (Å²) in [5.74, 6) is -0.463. The maximum Gasteiger partial charge on any atom is 0.242 e. The van der Waals surface area contributed by atoms with E-state index in [9.17, 15) is 4.79 Å². The van der Waals surface area contributed by atoms with Gasteiger partial charge in [0.05, 0.1) is 0 Å². The van der Waals surface area contributed by atoms with E-state index < -0.39 is 5.91 Å². The predicted molar refractivity (Wildman–Crippen MR) is 101 cm³/mol. The standard InChI is InChI=1S/C21H21ClN2O/c22-19-5-2-1-4-16(19)17(13-21(23)25)15-8-7-14-9-11-24-10-3-6-20(24)18(14)12-15/h1-2,4-5,7-8,12-13,20H,3,6,9-11H2,(H2,23,25). The van der Waals surface area contributed by atoms with Crippen LogP contribution in [0.3, 0.4) is 0 Å². The Balaban J connectivity index is 1.83. The minimum Gasteiger partial charge on any atom is -0.366 e. The molecule has 0 spiro atoms. The Morgan fingerprint density at radius 3 is 2.84 bits per heavy atom. The molecule has 1 atom stereocenters. The molecule has 1 fully saturated rings. The van der Waals surface area contributed by atoms with Gasteiger partial charge in [-0.05, 0) is 60.2 Å². The zero-order chi connectivity index (χ0) is 17.4. The van der Waals surface area contributed by atoms with Crippen molar-refractivity contribution in [3.8, 4) is 0 Å². The summed E-state index contributed by atoms with van der Waals surface area (Å²) in [5, 5.41) is 0.621. The van der Waals surface area contributed by atoms with E-state index in [0.717, 1.165) is 29.7 Å². The first-order chi connectivity index (χ1) is 12.1. The van der Waals surface area contributed by atoms with E-state index in [0.29, 0.717) is 11.1 Å². The van der Waals surface area contributed by atoms with Crippen molar-refractivity contribution in [3.63, 3.8) is 0 Å². The fraction of sp³-hybridized carbons (Fsp3) is 0.286. The highest BCUT2D eigenvalue weighted by Crippen LogP contribution is 2.39. The highest BCUT2D eigenvalue weighted by atomic mass is 35.5. The van der Waals surface area contributed by atoms with Crippen LogP contribution in [0.4, 0.5) is 0 Å². The number of nitrogens with two attached hydrogens (primary N) is 1. The van der Waals surface area contributed by atoms with Gasteiger partial charge in [0.2, 0.25) is 5.91 Å². The van der Waals surface area contributed by atoms with Crippen LogP contribution in [-0.2, 0) is 11.2 Å². The van der Waals surface area contributed by atoms with Crippen LogP contribution in [0.25, 0.3) is 5.57 Å². The third-order valence-corrected chi connectivity index (χ3v) is 5.63. The van der Waals surface area contributed by atoms with Crippen LogP contribution in [-0.4, -0.2) is 23.9 Å². The molecular formula is C21H21ClN2O. The van der Waals surface area contributed by atoms with Gasteiger partial charge in [-0.15, -0.1) is 0 Å². The highest BCUT2D eigenvalue weighted by molar-refractivity contribution is 6.32. The number of halogens is 1. The number of primary amides is 1. The molecule has 0 aliphatic carbocycles. The third-order valence-electron chi connectivity index (χ3n) is 5.30. The third kappa shape index (κ3) is 3.10. The van der Waals surface area contributed by atoms with Gasteiger partial charge in [-0.3, -0.25) is 9.69 Å². The van der Waals surface area contributed by atoms with Crippen LogP contribution in [0.1, 0.15) is 41.1 Å². The zero-order valence-electron chi connectivity index (χ0n) is 14.0. The van der Waals surface area contributed by atoms with Gasteiger partial charge in [0.1, 0.15) is 0 Å². The summed E-state index contributed by atoms with van der Waals surface area (Å²) in [4.78, 5) is 14.2. The normalized spacial score (nSPS) is 20.2. The molecule has 4 heteroatoms. The Morgan fingerprint density at radius 1 is 1.20 bits per heavy atom. The summed E-state index contributed by atoms with van der Waals surface area (Å²) in [6.45, 7) is 2.33. The van der Waals surface area contributed by atoms with Gasteiger partial charge in [-0.25, -0.2) is 0 Å². The Labute approximate surface area is 153 Å². The topological polar surface area (TPSA) is 46.3 Å². The first-order valence-electron chi connectivity index (χ1n) is 8.77. The summed E-state index contributed by atoms with van der Waals surface area (Å²) in [6.07, 6.45) is 5.03. The van der Waals surface area contributed by atoms with E-state index in [1.54, 1.807) is 0 Å². The van der Waals surface area contributed by atoms with Crippen LogP contribution >= 0.6 is 11.6 Å². The molecule has 2 aliphatic rings. The summed E-state index contributed by atoms with van der Waals surface area (Å²) < 4.78 is 0. The number of nitrogens with zero attached hydrogens (tertiary/aromatic N) is 1. The maximum atomic E-state index is 11.6. The first-order valence-corrected chi connectivity index (χ1v) is 9.14. The number of carbonyl (C=O) groups is 1. The fourth-order valence-electron chi connectivity index (χ4n) is 4.15. The lowest BCUT2D eigenvalue weighted by molar-refractivity contribution is -0.113. The van der Waals surface area contributed by atoms with E-state index in [2.05, 4.69) is 23.1 Å². The number of fused-ring (bicyclic) bond motifs is 3. The molecule has 25 heavy (non-hydrogen) atoms. The second-order valence-corrected chi connectivity index (χ2v) is 7.21. The molecular weight excluding hydrogens is 332 g/mol. The monoisotopic (exact) mass is 352 g/mol. The molecule has 1 unspecified atom stereocenters. The van der Waals surface area contributed by atoms with Crippen molar-refractivity contribution in [2.75, 3.05) is 13.1 Å². The van der Waals surface area contributed by atoms with E-state index in [4.69, 9.17) is 17.3 Å². The molecule has 0 aromatic heterocycles. The lowest BCUT2D eigenvalue weighted by Gasteiger charge is -2.32. The predicted octanol–water partition coefficient (Wildman–Crippen LogP) is 3.95. The van der Waals surface area contributed by atoms with Gasteiger partial charge in [0.25, 0.3) is 0 Å². The largest absolute Gasteiger partial charge is 0.366 e. The van der Waals surface area contributed by atoms with Crippen LogP contribution in [0.2, 0.25) is 5.02 Å². The van der Waals surface area contributed by atoms with E-state index in [1.165, 1.54) is 36.6 Å². The van der Waals surface area contributed by atoms with Crippen molar-refractivity contribution >= 4 is 23.1 Å². The SMILES string of the molecule is NC(=O)C=C(c1ccc2c(c1)C1CCCN1CC2)c1ccccc1Cl. The van der Waals surface area contributed by atoms with Crippen LogP contribution in [0, 0.1) is 0 Å². The second-order valence-electron chi connectivity index (χ2n) is 6.80. The molecule has 0 saturated carbocycles. The molecule has 2 heterocycles. The van der Waals surface area contributed by atoms with Gasteiger partial charge in [0, 0.05) is 29.2 Å². The summed E-state index contributed by atoms with van der Waals surface area (Å²) in [6, 6.07) is 14.6. The Morgan fingerprint density at radius 2 is 2.04 bits per heavy atom. The van der Waals surface area contributed by atoms with Crippen molar-refractivity contribution in [2.45, 2.75) is 25.3 Å². The van der Waals surface area contributed by atoms with E-state index in [-0.39, 0.29) is 0 Å². The Kier molecular flexibility index (Phi) is 4.36. The molecule has 1 amide bonds. The van der Waals surface area contributed by atoms with E-state index in [1.807, 2.05) is 24.3 Å². The van der Waals surface area contributed by atoms with Crippen molar-refractivity contribution in [2.24, 2.45) is 5.73 Å². The lowest BCUT2D eigenvalue weighted by Crippen LogP contribution is -2.30. The molecule has 4 rings (SSSR count). The molecule has 2 N–H and O–H groups in total. The molecule has 0 radical (unpaired) electrons. The van der Waals surface area contributed by atoms with Crippen LogP contribution in [0.15, 0.2) is 48.5 Å². The molecule has 2 aromatic rings.